The van der Waals surface area contributed by atoms with Crippen LogP contribution >= 0.6 is 0 Å². The molecular formula is C9H16N2O3S. The summed E-state index contributed by atoms with van der Waals surface area (Å²) >= 11 is 0. The van der Waals surface area contributed by atoms with Gasteiger partial charge < -0.3 is 10.1 Å². The van der Waals surface area contributed by atoms with Crippen molar-refractivity contribution in [1.29, 1.82) is 0 Å². The second kappa shape index (κ2) is 4.59. The van der Waals surface area contributed by atoms with Gasteiger partial charge in [0, 0.05) is 31.2 Å². The van der Waals surface area contributed by atoms with E-state index < -0.39 is 9.73 Å². The first kappa shape index (κ1) is 11.0. The molecule has 2 aliphatic heterocycles. The molecule has 0 spiro atoms. The Morgan fingerprint density at radius 1 is 1.40 bits per heavy atom. The molecule has 0 saturated carbocycles. The van der Waals surface area contributed by atoms with Crippen LogP contribution in [0, 0.1) is 5.92 Å². The van der Waals surface area contributed by atoms with Crippen molar-refractivity contribution in [2.45, 2.75) is 6.42 Å². The summed E-state index contributed by atoms with van der Waals surface area (Å²) < 4.78 is 21.1. The second-order valence-corrected chi connectivity index (χ2v) is 6.47. The van der Waals surface area contributed by atoms with Crippen LogP contribution in [0.1, 0.15) is 6.42 Å². The van der Waals surface area contributed by atoms with Crippen LogP contribution in [0.5, 0.6) is 0 Å². The molecule has 2 heterocycles. The molecule has 2 aliphatic rings. The number of nitrogens with zero attached hydrogens (tertiary/aromatic N) is 1. The third kappa shape index (κ3) is 2.76. The summed E-state index contributed by atoms with van der Waals surface area (Å²) in [4.78, 5) is 11.7. The van der Waals surface area contributed by atoms with E-state index in [1.165, 1.54) is 0 Å². The van der Waals surface area contributed by atoms with Crippen molar-refractivity contribution >= 4 is 15.6 Å². The molecule has 1 atom stereocenters. The third-order valence-corrected chi connectivity index (χ3v) is 4.93. The van der Waals surface area contributed by atoms with Crippen molar-refractivity contribution in [2.24, 2.45) is 10.3 Å². The lowest BCUT2D eigenvalue weighted by Gasteiger charge is -2.16. The lowest BCUT2D eigenvalue weighted by molar-refractivity contribution is -0.121. The first-order valence-corrected chi connectivity index (χ1v) is 7.10. The maximum atomic E-state index is 12.1. The van der Waals surface area contributed by atoms with Crippen LogP contribution in [0.3, 0.4) is 0 Å². The molecule has 5 nitrogen and oxygen atoms in total. The minimum atomic E-state index is -2.27. The molecular weight excluding hydrogens is 216 g/mol. The summed E-state index contributed by atoms with van der Waals surface area (Å²) in [5.74, 6) is 0.608. The zero-order chi connectivity index (χ0) is 10.7. The Balaban J connectivity index is 2.07. The highest BCUT2D eigenvalue weighted by Gasteiger charge is 2.25. The maximum Gasteiger partial charge on any atom is 0.259 e. The predicted molar refractivity (Wildman–Crippen MR) is 57.1 cm³/mol. The molecule has 2 rings (SSSR count). The fraction of sp³-hybridized carbons (Fsp3) is 0.889. The van der Waals surface area contributed by atoms with Gasteiger partial charge in [0.1, 0.15) is 0 Å². The van der Waals surface area contributed by atoms with Crippen molar-refractivity contribution in [3.63, 3.8) is 0 Å². The van der Waals surface area contributed by atoms with E-state index in [1.807, 2.05) is 0 Å². The van der Waals surface area contributed by atoms with Gasteiger partial charge in [0.2, 0.25) is 0 Å². The average molecular weight is 232 g/mol. The lowest BCUT2D eigenvalue weighted by atomic mass is 10.1. The van der Waals surface area contributed by atoms with E-state index in [2.05, 4.69) is 9.68 Å². The van der Waals surface area contributed by atoms with Crippen molar-refractivity contribution in [3.05, 3.63) is 0 Å². The number of rotatable bonds is 1. The summed E-state index contributed by atoms with van der Waals surface area (Å²) in [6, 6.07) is 0. The molecule has 2 saturated heterocycles. The number of nitrogens with one attached hydrogen (secondary N) is 1. The van der Waals surface area contributed by atoms with Gasteiger partial charge in [-0.3, -0.25) is 4.79 Å². The number of carbonyl (C=O) groups excluding carboxylic acids is 1. The SMILES string of the molecule is O=C(N=S1(=O)CCNCC1)C1CCOC1. The van der Waals surface area contributed by atoms with Crippen molar-refractivity contribution in [3.8, 4) is 0 Å². The molecule has 0 bridgehead atoms. The topological polar surface area (TPSA) is 67.8 Å². The molecule has 1 unspecified atom stereocenters. The van der Waals surface area contributed by atoms with Crippen LogP contribution in [0.15, 0.2) is 4.36 Å². The van der Waals surface area contributed by atoms with Crippen LogP contribution in [0.25, 0.3) is 0 Å². The maximum absolute atomic E-state index is 12.1. The Labute approximate surface area is 89.8 Å². The van der Waals surface area contributed by atoms with E-state index in [9.17, 15) is 9.00 Å². The van der Waals surface area contributed by atoms with Gasteiger partial charge >= 0.3 is 0 Å². The predicted octanol–water partition coefficient (Wildman–Crippen LogP) is -0.379. The molecule has 86 valence electrons. The third-order valence-electron chi connectivity index (χ3n) is 2.73. The Hall–Kier alpha value is -0.460. The molecule has 0 aromatic carbocycles. The van der Waals surface area contributed by atoms with Crippen LogP contribution in [0.2, 0.25) is 0 Å². The zero-order valence-electron chi connectivity index (χ0n) is 8.61. The number of hydrogen-bond donors (Lipinski definition) is 1. The van der Waals surface area contributed by atoms with Crippen LogP contribution in [0.4, 0.5) is 0 Å². The van der Waals surface area contributed by atoms with Gasteiger partial charge in [0.05, 0.1) is 22.3 Å². The van der Waals surface area contributed by atoms with Gasteiger partial charge in [0.25, 0.3) is 5.91 Å². The Morgan fingerprint density at radius 3 is 2.73 bits per heavy atom. The highest BCUT2D eigenvalue weighted by Crippen LogP contribution is 2.15. The summed E-state index contributed by atoms with van der Waals surface area (Å²) in [6.07, 6.45) is 0.718. The molecule has 2 fully saturated rings. The lowest BCUT2D eigenvalue weighted by Crippen LogP contribution is -2.36. The van der Waals surface area contributed by atoms with E-state index in [0.717, 1.165) is 6.42 Å². The fourth-order valence-electron chi connectivity index (χ4n) is 1.75. The quantitative estimate of drug-likeness (QED) is 0.669. The molecule has 0 aromatic rings. The van der Waals surface area contributed by atoms with E-state index in [-0.39, 0.29) is 11.8 Å². The normalized spacial score (nSPS) is 30.0. The van der Waals surface area contributed by atoms with Crippen molar-refractivity contribution < 1.29 is 13.7 Å². The highest BCUT2D eigenvalue weighted by molar-refractivity contribution is 7.94. The summed E-state index contributed by atoms with van der Waals surface area (Å²) in [5, 5.41) is 3.11. The molecule has 1 amide bonds. The van der Waals surface area contributed by atoms with Gasteiger partial charge in [0.15, 0.2) is 0 Å². The van der Waals surface area contributed by atoms with Crippen LogP contribution in [-0.4, -0.2) is 47.9 Å². The molecule has 0 aliphatic carbocycles. The fourth-order valence-corrected chi connectivity index (χ4v) is 3.54. The molecule has 6 heteroatoms. The highest BCUT2D eigenvalue weighted by atomic mass is 32.2. The summed E-state index contributed by atoms with van der Waals surface area (Å²) in [6.45, 7) is 2.44. The van der Waals surface area contributed by atoms with Gasteiger partial charge in [-0.25, -0.2) is 4.21 Å². The van der Waals surface area contributed by atoms with Crippen LogP contribution < -0.4 is 5.32 Å². The standard InChI is InChI=1S/C9H16N2O3S/c12-9(8-1-4-14-7-8)11-15(13)5-2-10-3-6-15/h8,10H,1-7H2. The van der Waals surface area contributed by atoms with E-state index in [0.29, 0.717) is 37.8 Å². The van der Waals surface area contributed by atoms with Crippen molar-refractivity contribution in [1.82, 2.24) is 5.32 Å². The average Bonchev–Trinajstić information content (AvgIpc) is 2.70. The minimum absolute atomic E-state index is 0.154. The Morgan fingerprint density at radius 2 is 2.13 bits per heavy atom. The van der Waals surface area contributed by atoms with Gasteiger partial charge in [-0.1, -0.05) is 0 Å². The van der Waals surface area contributed by atoms with E-state index >= 15 is 0 Å². The van der Waals surface area contributed by atoms with Gasteiger partial charge in [-0.2, -0.15) is 4.36 Å². The number of amides is 1. The smallest absolute Gasteiger partial charge is 0.259 e. The first-order chi connectivity index (χ1) is 7.20. The van der Waals surface area contributed by atoms with E-state index in [4.69, 9.17) is 4.74 Å². The van der Waals surface area contributed by atoms with E-state index in [1.54, 1.807) is 0 Å². The zero-order valence-corrected chi connectivity index (χ0v) is 9.42. The monoisotopic (exact) mass is 232 g/mol. The number of hydrogen-bond acceptors (Lipinski definition) is 4. The molecule has 1 N–H and O–H groups in total. The van der Waals surface area contributed by atoms with Gasteiger partial charge in [-0.05, 0) is 6.42 Å². The van der Waals surface area contributed by atoms with Crippen molar-refractivity contribution in [2.75, 3.05) is 37.8 Å². The summed E-state index contributed by atoms with van der Waals surface area (Å²) in [7, 11) is -2.27. The molecule has 0 aromatic heterocycles. The minimum Gasteiger partial charge on any atom is -0.381 e. The molecule has 0 radical (unpaired) electrons. The second-order valence-electron chi connectivity index (χ2n) is 3.92. The Kier molecular flexibility index (Phi) is 3.38. The molecule has 15 heavy (non-hydrogen) atoms. The number of ether oxygens (including phenoxy) is 1. The van der Waals surface area contributed by atoms with Crippen LogP contribution in [-0.2, 0) is 19.3 Å². The Bertz CT molecular complexity index is 342. The first-order valence-electron chi connectivity index (χ1n) is 5.24. The number of carbonyl (C=O) groups is 1. The van der Waals surface area contributed by atoms with Gasteiger partial charge in [-0.15, -0.1) is 0 Å². The largest absolute Gasteiger partial charge is 0.381 e. The summed E-state index contributed by atoms with van der Waals surface area (Å²) in [5.41, 5.74) is 0.